The van der Waals surface area contributed by atoms with E-state index >= 15 is 0 Å². The average molecular weight is 434 g/mol. The van der Waals surface area contributed by atoms with Gasteiger partial charge in [0.25, 0.3) is 5.91 Å². The number of benzene rings is 1. The van der Waals surface area contributed by atoms with Gasteiger partial charge in [0.1, 0.15) is 24.8 Å². The summed E-state index contributed by atoms with van der Waals surface area (Å²) in [4.78, 5) is 12.7. The minimum atomic E-state index is -4.54. The lowest BCUT2D eigenvalue weighted by molar-refractivity contribution is -0.174. The van der Waals surface area contributed by atoms with Crippen molar-refractivity contribution >= 4 is 17.4 Å². The number of rotatable bonds is 3. The van der Waals surface area contributed by atoms with Crippen LogP contribution in [0.5, 0.6) is 11.5 Å². The first-order valence-electron chi connectivity index (χ1n) is 9.56. The minimum absolute atomic E-state index is 0.0855. The van der Waals surface area contributed by atoms with E-state index in [0.717, 1.165) is 4.68 Å². The Morgan fingerprint density at radius 1 is 1.16 bits per heavy atom. The van der Waals surface area contributed by atoms with Gasteiger partial charge in [-0.1, -0.05) is 0 Å². The molecule has 1 amide bonds. The van der Waals surface area contributed by atoms with Gasteiger partial charge >= 0.3 is 6.18 Å². The predicted octanol–water partition coefficient (Wildman–Crippen LogP) is 4.16. The summed E-state index contributed by atoms with van der Waals surface area (Å²) in [6.07, 6.45) is -3.45. The molecule has 0 radical (unpaired) electrons. The fourth-order valence-electron chi connectivity index (χ4n) is 3.68. The van der Waals surface area contributed by atoms with Crippen LogP contribution in [0, 0.1) is 0 Å². The largest absolute Gasteiger partial charge is 0.486 e. The van der Waals surface area contributed by atoms with Gasteiger partial charge in [-0.25, -0.2) is 4.68 Å². The molecule has 2 aromatic heterocycles. The highest BCUT2D eigenvalue weighted by Gasteiger charge is 2.47. The summed E-state index contributed by atoms with van der Waals surface area (Å²) in [7, 11) is 0. The first-order valence-corrected chi connectivity index (χ1v) is 9.56. The summed E-state index contributed by atoms with van der Waals surface area (Å²) in [5.74, 6) is 0.860. The maximum absolute atomic E-state index is 13.7. The summed E-state index contributed by atoms with van der Waals surface area (Å²) in [6, 6.07) is 6.77. The number of carbonyl (C=O) groups is 1. The van der Waals surface area contributed by atoms with Crippen LogP contribution in [0.15, 0.2) is 47.1 Å². The molecule has 0 spiro atoms. The lowest BCUT2D eigenvalue weighted by Gasteiger charge is -2.32. The van der Waals surface area contributed by atoms with E-state index in [2.05, 4.69) is 15.7 Å². The van der Waals surface area contributed by atoms with Crippen LogP contribution in [-0.2, 0) is 0 Å². The summed E-state index contributed by atoms with van der Waals surface area (Å²) in [5.41, 5.74) is 0.265. The van der Waals surface area contributed by atoms with Crippen LogP contribution in [0.1, 0.15) is 34.8 Å². The number of alkyl halides is 3. The molecular formula is C20H17F3N4O4. The molecule has 1 aromatic carbocycles. The highest BCUT2D eigenvalue weighted by Crippen LogP contribution is 2.43. The molecule has 2 aliphatic rings. The van der Waals surface area contributed by atoms with Crippen LogP contribution < -0.4 is 20.1 Å². The van der Waals surface area contributed by atoms with E-state index in [0.29, 0.717) is 36.2 Å². The normalized spacial score (nSPS) is 20.0. The van der Waals surface area contributed by atoms with E-state index in [9.17, 15) is 18.0 Å². The van der Waals surface area contributed by atoms with Gasteiger partial charge in [-0.3, -0.25) is 4.79 Å². The highest BCUT2D eigenvalue weighted by atomic mass is 19.4. The topological polar surface area (TPSA) is 90.5 Å². The molecule has 2 unspecified atom stereocenters. The van der Waals surface area contributed by atoms with Crippen molar-refractivity contribution in [3.05, 3.63) is 54.1 Å². The van der Waals surface area contributed by atoms with Gasteiger partial charge in [-0.15, -0.1) is 0 Å². The fraction of sp³-hybridized carbons (Fsp3) is 0.300. The molecule has 2 N–H and O–H groups in total. The number of carbonyl (C=O) groups excluding carboxylic acids is 1. The maximum atomic E-state index is 13.7. The molecule has 2 atom stereocenters. The standard InChI is InChI=1S/C20H17F3N4O4/c21-20(22,23)17-9-12(14-2-1-5-29-14)25-18-10-13(26-27(17)18)19(28)24-11-3-4-15-16(8-11)31-7-6-30-15/h1-5,8,10,12,17,25H,6-7,9H2,(H,24,28). The molecule has 0 saturated heterocycles. The number of halogens is 3. The second-order valence-electron chi connectivity index (χ2n) is 7.18. The molecule has 162 valence electrons. The Balaban J connectivity index is 1.41. The van der Waals surface area contributed by atoms with Crippen LogP contribution in [0.25, 0.3) is 0 Å². The zero-order valence-electron chi connectivity index (χ0n) is 16.0. The quantitative estimate of drug-likeness (QED) is 0.644. The van der Waals surface area contributed by atoms with Gasteiger partial charge in [-0.05, 0) is 24.3 Å². The van der Waals surface area contributed by atoms with Gasteiger partial charge in [0, 0.05) is 24.2 Å². The molecule has 0 bridgehead atoms. The second kappa shape index (κ2) is 7.25. The van der Waals surface area contributed by atoms with Crippen molar-refractivity contribution in [3.63, 3.8) is 0 Å². The molecule has 0 saturated carbocycles. The van der Waals surface area contributed by atoms with Gasteiger partial charge < -0.3 is 24.5 Å². The number of hydrogen-bond acceptors (Lipinski definition) is 6. The van der Waals surface area contributed by atoms with Crippen molar-refractivity contribution in [3.8, 4) is 11.5 Å². The van der Waals surface area contributed by atoms with E-state index in [4.69, 9.17) is 13.9 Å². The molecule has 3 aromatic rings. The molecule has 8 nitrogen and oxygen atoms in total. The van der Waals surface area contributed by atoms with Gasteiger partial charge in [-0.2, -0.15) is 18.3 Å². The molecule has 5 rings (SSSR count). The summed E-state index contributed by atoms with van der Waals surface area (Å²) in [5, 5.41) is 9.54. The first kappa shape index (κ1) is 19.3. The van der Waals surface area contributed by atoms with Crippen LogP contribution in [-0.4, -0.2) is 35.1 Å². The van der Waals surface area contributed by atoms with E-state index in [1.54, 1.807) is 30.3 Å². The van der Waals surface area contributed by atoms with Crippen molar-refractivity contribution in [2.75, 3.05) is 23.8 Å². The number of fused-ring (bicyclic) bond motifs is 2. The van der Waals surface area contributed by atoms with Crippen molar-refractivity contribution in [1.29, 1.82) is 0 Å². The number of hydrogen-bond donors (Lipinski definition) is 2. The van der Waals surface area contributed by atoms with Crippen LogP contribution in [0.3, 0.4) is 0 Å². The van der Waals surface area contributed by atoms with E-state index in [1.165, 1.54) is 12.3 Å². The maximum Gasteiger partial charge on any atom is 0.410 e. The minimum Gasteiger partial charge on any atom is -0.486 e. The van der Waals surface area contributed by atoms with Crippen LogP contribution in [0.2, 0.25) is 0 Å². The molecule has 31 heavy (non-hydrogen) atoms. The Labute approximate surface area is 173 Å². The number of nitrogens with one attached hydrogen (secondary N) is 2. The molecule has 11 heteroatoms. The second-order valence-corrected chi connectivity index (χ2v) is 7.18. The predicted molar refractivity (Wildman–Crippen MR) is 102 cm³/mol. The molecule has 2 aliphatic heterocycles. The van der Waals surface area contributed by atoms with Crippen LogP contribution >= 0.6 is 0 Å². The van der Waals surface area contributed by atoms with E-state index < -0.39 is 24.2 Å². The number of amides is 1. The summed E-state index contributed by atoms with van der Waals surface area (Å²) in [6.45, 7) is 0.824. The third-order valence-electron chi connectivity index (χ3n) is 5.11. The Bertz CT molecular complexity index is 1110. The first-order chi connectivity index (χ1) is 14.9. The summed E-state index contributed by atoms with van der Waals surface area (Å²) < 4.78 is 58.1. The van der Waals surface area contributed by atoms with Crippen molar-refractivity contribution < 1.29 is 31.9 Å². The zero-order valence-corrected chi connectivity index (χ0v) is 16.0. The van der Waals surface area contributed by atoms with Gasteiger partial charge in [0.15, 0.2) is 23.2 Å². The van der Waals surface area contributed by atoms with Crippen molar-refractivity contribution in [1.82, 2.24) is 9.78 Å². The monoisotopic (exact) mass is 434 g/mol. The number of ether oxygens (including phenoxy) is 2. The SMILES string of the molecule is O=C(Nc1ccc2c(c1)OCCO2)c1cc2n(n1)C(C(F)(F)F)CC(c1ccco1)N2. The lowest BCUT2D eigenvalue weighted by Crippen LogP contribution is -2.35. The number of aromatic nitrogens is 2. The summed E-state index contributed by atoms with van der Waals surface area (Å²) >= 11 is 0. The molecule has 4 heterocycles. The molecular weight excluding hydrogens is 417 g/mol. The van der Waals surface area contributed by atoms with Gasteiger partial charge in [0.05, 0.1) is 12.3 Å². The lowest BCUT2D eigenvalue weighted by atomic mass is 10.0. The zero-order chi connectivity index (χ0) is 21.6. The van der Waals surface area contributed by atoms with Crippen molar-refractivity contribution in [2.45, 2.75) is 24.7 Å². The third kappa shape index (κ3) is 3.66. The van der Waals surface area contributed by atoms with Gasteiger partial charge in [0.2, 0.25) is 0 Å². The molecule has 0 fully saturated rings. The Kier molecular flexibility index (Phi) is 4.53. The van der Waals surface area contributed by atoms with Crippen molar-refractivity contribution in [2.24, 2.45) is 0 Å². The Morgan fingerprint density at radius 2 is 1.97 bits per heavy atom. The number of anilines is 2. The van der Waals surface area contributed by atoms with E-state index in [1.807, 2.05) is 0 Å². The third-order valence-corrected chi connectivity index (χ3v) is 5.11. The highest BCUT2D eigenvalue weighted by molar-refractivity contribution is 6.03. The van der Waals surface area contributed by atoms with E-state index in [-0.39, 0.29) is 17.9 Å². The Hall–Kier alpha value is -3.63. The van der Waals surface area contributed by atoms with Crippen LogP contribution in [0.4, 0.5) is 24.7 Å². The number of furan rings is 1. The Morgan fingerprint density at radius 3 is 2.71 bits per heavy atom. The molecule has 0 aliphatic carbocycles. The average Bonchev–Trinajstić information content (AvgIpc) is 3.42. The fourth-order valence-corrected chi connectivity index (χ4v) is 3.68. The number of nitrogens with zero attached hydrogens (tertiary/aromatic N) is 2. The smallest absolute Gasteiger partial charge is 0.410 e.